The first-order valence-electron chi connectivity index (χ1n) is 6.52. The lowest BCUT2D eigenvalue weighted by Gasteiger charge is -2.10. The van der Waals surface area contributed by atoms with Crippen molar-refractivity contribution < 1.29 is 27.1 Å². The highest BCUT2D eigenvalue weighted by Crippen LogP contribution is 2.31. The normalized spacial score (nSPS) is 11.5. The molecule has 2 nitrogen and oxygen atoms in total. The smallest absolute Gasteiger partial charge is 0.200 e. The maximum Gasteiger partial charge on any atom is 0.200 e. The van der Waals surface area contributed by atoms with Crippen LogP contribution in [0.1, 0.15) is 22.3 Å². The maximum absolute atomic E-state index is 13.6. The lowest BCUT2D eigenvalue weighted by Crippen LogP contribution is -2.01. The number of aliphatic imine (C=N–C) groups is 1. The van der Waals surface area contributed by atoms with Crippen LogP contribution in [0.2, 0.25) is 0 Å². The quantitative estimate of drug-likeness (QED) is 0.366. The van der Waals surface area contributed by atoms with Gasteiger partial charge in [-0.1, -0.05) is 6.07 Å². The predicted octanol–water partition coefficient (Wildman–Crippen LogP) is 4.76. The largest absolute Gasteiger partial charge is 0.507 e. The van der Waals surface area contributed by atoms with Crippen molar-refractivity contribution in [3.63, 3.8) is 0 Å². The number of aromatic hydroxyl groups is 1. The zero-order valence-corrected chi connectivity index (χ0v) is 12.4. The molecule has 2 aromatic rings. The van der Waals surface area contributed by atoms with E-state index in [9.17, 15) is 27.1 Å². The van der Waals surface area contributed by atoms with Crippen molar-refractivity contribution in [1.29, 1.82) is 0 Å². The van der Waals surface area contributed by atoms with Gasteiger partial charge in [0.25, 0.3) is 0 Å². The lowest BCUT2D eigenvalue weighted by atomic mass is 9.99. The summed E-state index contributed by atoms with van der Waals surface area (Å²) in [4.78, 5) is 3.36. The van der Waals surface area contributed by atoms with E-state index in [4.69, 9.17) is 0 Å². The van der Waals surface area contributed by atoms with Crippen molar-refractivity contribution in [1.82, 2.24) is 0 Å². The average molecular weight is 329 g/mol. The number of hydrogen-bond donors (Lipinski definition) is 1. The molecule has 7 heteroatoms. The summed E-state index contributed by atoms with van der Waals surface area (Å²) in [6.45, 7) is 4.99. The predicted molar refractivity (Wildman–Crippen MR) is 75.8 cm³/mol. The van der Waals surface area contributed by atoms with Crippen LogP contribution in [0.4, 0.5) is 27.6 Å². The number of benzene rings is 2. The molecule has 0 unspecified atom stereocenters. The molecule has 0 aliphatic rings. The van der Waals surface area contributed by atoms with E-state index in [0.29, 0.717) is 11.1 Å². The van der Waals surface area contributed by atoms with Gasteiger partial charge in [-0.2, -0.15) is 0 Å². The Morgan fingerprint density at radius 1 is 0.826 bits per heavy atom. The molecule has 0 radical (unpaired) electrons. The van der Waals surface area contributed by atoms with Gasteiger partial charge in [-0.05, 0) is 37.5 Å². The van der Waals surface area contributed by atoms with Crippen LogP contribution in [-0.2, 0) is 0 Å². The third kappa shape index (κ3) is 2.78. The zero-order chi connectivity index (χ0) is 17.5. The SMILES string of the molecule is Cc1cc(C)c(O)c(C=Nc2c(F)c(F)c(F)c(F)c2F)c1C. The van der Waals surface area contributed by atoms with Crippen molar-refractivity contribution >= 4 is 11.9 Å². The highest BCUT2D eigenvalue weighted by Gasteiger charge is 2.25. The minimum absolute atomic E-state index is 0.145. The molecule has 0 fully saturated rings. The molecule has 0 aliphatic carbocycles. The summed E-state index contributed by atoms with van der Waals surface area (Å²) in [5.41, 5.74) is 0.678. The number of hydrogen-bond acceptors (Lipinski definition) is 2. The zero-order valence-electron chi connectivity index (χ0n) is 12.4. The Labute approximate surface area is 128 Å². The third-order valence-electron chi connectivity index (χ3n) is 3.57. The fraction of sp³-hybridized carbons (Fsp3) is 0.188. The van der Waals surface area contributed by atoms with Crippen molar-refractivity contribution in [2.75, 3.05) is 0 Å². The Bertz CT molecular complexity index is 775. The average Bonchev–Trinajstić information content (AvgIpc) is 2.52. The van der Waals surface area contributed by atoms with Crippen LogP contribution in [0, 0.1) is 49.9 Å². The second kappa shape index (κ2) is 5.98. The Kier molecular flexibility index (Phi) is 4.40. The molecule has 0 aliphatic heterocycles. The summed E-state index contributed by atoms with van der Waals surface area (Å²) < 4.78 is 66.4. The van der Waals surface area contributed by atoms with E-state index < -0.39 is 34.8 Å². The van der Waals surface area contributed by atoms with Crippen molar-refractivity contribution in [3.05, 3.63) is 57.4 Å². The molecule has 23 heavy (non-hydrogen) atoms. The molecular formula is C16H12F5NO. The van der Waals surface area contributed by atoms with Crippen molar-refractivity contribution in [2.45, 2.75) is 20.8 Å². The molecule has 122 valence electrons. The van der Waals surface area contributed by atoms with Crippen LogP contribution in [-0.4, -0.2) is 11.3 Å². The molecular weight excluding hydrogens is 317 g/mol. The second-order valence-corrected chi connectivity index (χ2v) is 5.07. The van der Waals surface area contributed by atoms with E-state index in [-0.39, 0.29) is 11.3 Å². The lowest BCUT2D eigenvalue weighted by molar-refractivity contribution is 0.381. The Morgan fingerprint density at radius 3 is 1.83 bits per heavy atom. The van der Waals surface area contributed by atoms with E-state index >= 15 is 0 Å². The van der Waals surface area contributed by atoms with Gasteiger partial charge in [-0.3, -0.25) is 0 Å². The van der Waals surface area contributed by atoms with Gasteiger partial charge >= 0.3 is 0 Å². The number of phenolic OH excluding ortho intramolecular Hbond substituents is 1. The van der Waals surface area contributed by atoms with E-state index in [1.807, 2.05) is 0 Å². The summed E-state index contributed by atoms with van der Waals surface area (Å²) in [6, 6.07) is 1.69. The highest BCUT2D eigenvalue weighted by molar-refractivity contribution is 5.88. The summed E-state index contributed by atoms with van der Waals surface area (Å²) in [6.07, 6.45) is 0.878. The summed E-state index contributed by atoms with van der Waals surface area (Å²) in [7, 11) is 0. The maximum atomic E-state index is 13.6. The molecule has 2 rings (SSSR count). The monoisotopic (exact) mass is 329 g/mol. The summed E-state index contributed by atoms with van der Waals surface area (Å²) >= 11 is 0. The number of rotatable bonds is 2. The van der Waals surface area contributed by atoms with Crippen LogP contribution in [0.5, 0.6) is 5.75 Å². The van der Waals surface area contributed by atoms with Gasteiger partial charge in [0.2, 0.25) is 5.82 Å². The van der Waals surface area contributed by atoms with Gasteiger partial charge in [0.1, 0.15) is 11.4 Å². The molecule has 2 aromatic carbocycles. The molecule has 0 atom stereocenters. The van der Waals surface area contributed by atoms with E-state index in [0.717, 1.165) is 11.8 Å². The molecule has 0 amide bonds. The minimum Gasteiger partial charge on any atom is -0.507 e. The summed E-state index contributed by atoms with van der Waals surface area (Å²) in [5.74, 6) is -10.6. The Balaban J connectivity index is 2.64. The minimum atomic E-state index is -2.25. The van der Waals surface area contributed by atoms with Crippen LogP contribution in [0.15, 0.2) is 11.1 Å². The van der Waals surface area contributed by atoms with Crippen LogP contribution in [0.25, 0.3) is 0 Å². The fourth-order valence-electron chi connectivity index (χ4n) is 2.10. The van der Waals surface area contributed by atoms with Gasteiger partial charge in [0, 0.05) is 11.8 Å². The first-order chi connectivity index (χ1) is 10.7. The Morgan fingerprint density at radius 2 is 1.30 bits per heavy atom. The molecule has 1 N–H and O–H groups in total. The number of nitrogens with zero attached hydrogens (tertiary/aromatic N) is 1. The van der Waals surface area contributed by atoms with Gasteiger partial charge in [-0.25, -0.2) is 26.9 Å². The van der Waals surface area contributed by atoms with Crippen LogP contribution < -0.4 is 0 Å². The molecule has 0 heterocycles. The first kappa shape index (κ1) is 16.9. The van der Waals surface area contributed by atoms with E-state index in [1.165, 1.54) is 0 Å². The van der Waals surface area contributed by atoms with Crippen LogP contribution in [0.3, 0.4) is 0 Å². The molecule has 0 aromatic heterocycles. The molecule has 0 saturated carbocycles. The van der Waals surface area contributed by atoms with Crippen molar-refractivity contribution in [3.8, 4) is 5.75 Å². The van der Waals surface area contributed by atoms with E-state index in [1.54, 1.807) is 26.8 Å². The molecule has 0 bridgehead atoms. The highest BCUT2D eigenvalue weighted by atomic mass is 19.2. The number of aryl methyl sites for hydroxylation is 2. The van der Waals surface area contributed by atoms with Gasteiger partial charge in [-0.15, -0.1) is 0 Å². The number of phenols is 1. The van der Waals surface area contributed by atoms with Gasteiger partial charge in [0.05, 0.1) is 0 Å². The van der Waals surface area contributed by atoms with Gasteiger partial charge < -0.3 is 5.11 Å². The molecule has 0 spiro atoms. The Hall–Kier alpha value is -2.44. The third-order valence-corrected chi connectivity index (χ3v) is 3.57. The van der Waals surface area contributed by atoms with Crippen molar-refractivity contribution in [2.24, 2.45) is 4.99 Å². The number of halogens is 5. The standard InChI is InChI=1S/C16H12F5NO/c1-6-4-7(2)16(23)9(8(6)3)5-22-15-13(20)11(18)10(17)12(19)14(15)21/h4-5,23H,1-3H3. The fourth-order valence-corrected chi connectivity index (χ4v) is 2.10. The summed E-state index contributed by atoms with van der Waals surface area (Å²) in [5, 5.41) is 9.99. The van der Waals surface area contributed by atoms with Gasteiger partial charge in [0.15, 0.2) is 23.3 Å². The van der Waals surface area contributed by atoms with Crippen LogP contribution >= 0.6 is 0 Å². The van der Waals surface area contributed by atoms with E-state index in [2.05, 4.69) is 4.99 Å². The second-order valence-electron chi connectivity index (χ2n) is 5.07. The first-order valence-corrected chi connectivity index (χ1v) is 6.52. The topological polar surface area (TPSA) is 32.6 Å². The molecule has 0 saturated heterocycles.